The molecule has 1 aromatic carbocycles. The number of methoxy groups -OCH3 is 1. The van der Waals surface area contributed by atoms with Crippen molar-refractivity contribution in [3.05, 3.63) is 28.2 Å². The van der Waals surface area contributed by atoms with Crippen molar-refractivity contribution < 1.29 is 9.84 Å². The number of halogens is 1. The van der Waals surface area contributed by atoms with Crippen molar-refractivity contribution in [1.82, 2.24) is 0 Å². The molecule has 1 aromatic rings. The minimum atomic E-state index is -0.252. The molecule has 3 heteroatoms. The third kappa shape index (κ3) is 3.32. The van der Waals surface area contributed by atoms with Crippen LogP contribution in [0.5, 0.6) is 5.75 Å². The first-order valence-corrected chi connectivity index (χ1v) is 7.74. The van der Waals surface area contributed by atoms with Crippen LogP contribution < -0.4 is 4.74 Å². The van der Waals surface area contributed by atoms with Gasteiger partial charge in [-0.3, -0.25) is 0 Å². The van der Waals surface area contributed by atoms with E-state index in [4.69, 9.17) is 4.74 Å². The van der Waals surface area contributed by atoms with Crippen molar-refractivity contribution in [2.75, 3.05) is 7.11 Å². The van der Waals surface area contributed by atoms with E-state index < -0.39 is 0 Å². The van der Waals surface area contributed by atoms with Gasteiger partial charge in [-0.25, -0.2) is 0 Å². The Morgan fingerprint density at radius 2 is 2.21 bits per heavy atom. The highest BCUT2D eigenvalue weighted by Gasteiger charge is 2.38. The fourth-order valence-electron chi connectivity index (χ4n) is 3.29. The van der Waals surface area contributed by atoms with E-state index in [9.17, 15) is 5.11 Å². The molecule has 1 N–H and O–H groups in total. The maximum Gasteiger partial charge on any atom is 0.133 e. The molecule has 0 radical (unpaired) electrons. The predicted octanol–water partition coefficient (Wildman–Crippen LogP) is 4.19. The van der Waals surface area contributed by atoms with Gasteiger partial charge >= 0.3 is 0 Å². The molecule has 2 rings (SSSR count). The largest absolute Gasteiger partial charge is 0.496 e. The summed E-state index contributed by atoms with van der Waals surface area (Å²) in [5.74, 6) is 1.24. The van der Waals surface area contributed by atoms with Crippen LogP contribution in [-0.4, -0.2) is 18.3 Å². The van der Waals surface area contributed by atoms with Crippen molar-refractivity contribution in [3.63, 3.8) is 0 Å². The number of benzene rings is 1. The van der Waals surface area contributed by atoms with Crippen LogP contribution in [-0.2, 0) is 6.42 Å². The maximum atomic E-state index is 10.5. The molecular weight excluding hydrogens is 304 g/mol. The van der Waals surface area contributed by atoms with Gasteiger partial charge in [-0.15, -0.1) is 0 Å². The monoisotopic (exact) mass is 326 g/mol. The second-order valence-corrected chi connectivity index (χ2v) is 7.08. The van der Waals surface area contributed by atoms with E-state index in [0.29, 0.717) is 5.92 Å². The Morgan fingerprint density at radius 3 is 2.74 bits per heavy atom. The third-order valence-corrected chi connectivity index (χ3v) is 5.09. The second-order valence-electron chi connectivity index (χ2n) is 6.23. The van der Waals surface area contributed by atoms with Crippen molar-refractivity contribution in [3.8, 4) is 5.75 Å². The Bertz CT molecular complexity index is 442. The maximum absolute atomic E-state index is 10.5. The topological polar surface area (TPSA) is 29.5 Å². The molecule has 0 bridgehead atoms. The van der Waals surface area contributed by atoms with Crippen molar-refractivity contribution in [1.29, 1.82) is 0 Å². The summed E-state index contributed by atoms with van der Waals surface area (Å²) in [7, 11) is 1.66. The Kier molecular flexibility index (Phi) is 4.57. The SMILES string of the molecule is COc1ccc(CC(O)C2CCCC2(C)C)cc1Br. The number of aliphatic hydroxyl groups is 1. The fraction of sp³-hybridized carbons (Fsp3) is 0.625. The summed E-state index contributed by atoms with van der Waals surface area (Å²) in [6, 6.07) is 6.03. The highest BCUT2D eigenvalue weighted by Crippen LogP contribution is 2.45. The zero-order chi connectivity index (χ0) is 14.0. The molecule has 1 aliphatic rings. The number of aliphatic hydroxyl groups excluding tert-OH is 1. The Morgan fingerprint density at radius 1 is 1.47 bits per heavy atom. The van der Waals surface area contributed by atoms with E-state index in [1.807, 2.05) is 18.2 Å². The van der Waals surface area contributed by atoms with E-state index in [1.54, 1.807) is 7.11 Å². The summed E-state index contributed by atoms with van der Waals surface area (Å²) in [4.78, 5) is 0. The molecule has 0 aromatic heterocycles. The molecule has 0 heterocycles. The van der Waals surface area contributed by atoms with Crippen LogP contribution in [0.1, 0.15) is 38.7 Å². The summed E-state index contributed by atoms with van der Waals surface area (Å²) in [6.07, 6.45) is 4.07. The van der Waals surface area contributed by atoms with E-state index >= 15 is 0 Å². The summed E-state index contributed by atoms with van der Waals surface area (Å²) in [5, 5.41) is 10.5. The quantitative estimate of drug-likeness (QED) is 0.899. The predicted molar refractivity (Wildman–Crippen MR) is 81.5 cm³/mol. The molecule has 0 spiro atoms. The van der Waals surface area contributed by atoms with Gasteiger partial charge in [-0.1, -0.05) is 26.3 Å². The van der Waals surface area contributed by atoms with Crippen LogP contribution >= 0.6 is 15.9 Å². The Balaban J connectivity index is 2.06. The number of ether oxygens (including phenoxy) is 1. The van der Waals surface area contributed by atoms with E-state index in [2.05, 4.69) is 29.8 Å². The molecule has 2 unspecified atom stereocenters. The summed E-state index contributed by atoms with van der Waals surface area (Å²) in [6.45, 7) is 4.55. The molecule has 1 saturated carbocycles. The molecule has 0 amide bonds. The highest BCUT2D eigenvalue weighted by molar-refractivity contribution is 9.10. The third-order valence-electron chi connectivity index (χ3n) is 4.47. The molecule has 0 aliphatic heterocycles. The summed E-state index contributed by atoms with van der Waals surface area (Å²) < 4.78 is 6.18. The van der Waals surface area contributed by atoms with Crippen LogP contribution in [0.3, 0.4) is 0 Å². The fourth-order valence-corrected chi connectivity index (χ4v) is 3.88. The minimum Gasteiger partial charge on any atom is -0.496 e. The molecule has 1 fully saturated rings. The average Bonchev–Trinajstić information content (AvgIpc) is 2.69. The zero-order valence-electron chi connectivity index (χ0n) is 11.9. The summed E-state index contributed by atoms with van der Waals surface area (Å²) >= 11 is 3.50. The Labute approximate surface area is 124 Å². The van der Waals surface area contributed by atoms with E-state index in [-0.39, 0.29) is 11.5 Å². The second kappa shape index (κ2) is 5.84. The van der Waals surface area contributed by atoms with Gasteiger partial charge < -0.3 is 9.84 Å². The van der Waals surface area contributed by atoms with Crippen LogP contribution in [0, 0.1) is 11.3 Å². The van der Waals surface area contributed by atoms with Crippen LogP contribution in [0.15, 0.2) is 22.7 Å². The first-order chi connectivity index (χ1) is 8.94. The molecule has 0 saturated heterocycles. The lowest BCUT2D eigenvalue weighted by atomic mass is 9.77. The van der Waals surface area contributed by atoms with Crippen molar-refractivity contribution >= 4 is 15.9 Å². The number of hydrogen-bond acceptors (Lipinski definition) is 2. The molecular formula is C16H23BrO2. The molecule has 1 aliphatic carbocycles. The van der Waals surface area contributed by atoms with Crippen LogP contribution in [0.25, 0.3) is 0 Å². The molecule has 19 heavy (non-hydrogen) atoms. The summed E-state index contributed by atoms with van der Waals surface area (Å²) in [5.41, 5.74) is 1.42. The van der Waals surface area contributed by atoms with Crippen molar-refractivity contribution in [2.45, 2.75) is 45.6 Å². The normalized spacial score (nSPS) is 23.3. The van der Waals surface area contributed by atoms with Gasteiger partial charge in [0.15, 0.2) is 0 Å². The molecule has 106 valence electrons. The first-order valence-electron chi connectivity index (χ1n) is 6.94. The number of rotatable bonds is 4. The minimum absolute atomic E-state index is 0.252. The van der Waals surface area contributed by atoms with Crippen LogP contribution in [0.4, 0.5) is 0 Å². The van der Waals surface area contributed by atoms with Gasteiger partial charge in [-0.05, 0) is 64.2 Å². The van der Waals surface area contributed by atoms with Gasteiger partial charge in [0.05, 0.1) is 17.7 Å². The van der Waals surface area contributed by atoms with Gasteiger partial charge in [0.1, 0.15) is 5.75 Å². The van der Waals surface area contributed by atoms with Crippen LogP contribution in [0.2, 0.25) is 0 Å². The van der Waals surface area contributed by atoms with Gasteiger partial charge in [-0.2, -0.15) is 0 Å². The lowest BCUT2D eigenvalue weighted by Gasteiger charge is -2.31. The average molecular weight is 327 g/mol. The van der Waals surface area contributed by atoms with Gasteiger partial charge in [0.2, 0.25) is 0 Å². The standard InChI is InChI=1S/C16H23BrO2/c1-16(2)8-4-5-12(16)14(18)10-11-6-7-15(19-3)13(17)9-11/h6-7,9,12,14,18H,4-5,8,10H2,1-3H3. The first kappa shape index (κ1) is 14.9. The zero-order valence-corrected chi connectivity index (χ0v) is 13.5. The van der Waals surface area contributed by atoms with E-state index in [0.717, 1.165) is 28.6 Å². The van der Waals surface area contributed by atoms with Crippen molar-refractivity contribution in [2.24, 2.45) is 11.3 Å². The Hall–Kier alpha value is -0.540. The highest BCUT2D eigenvalue weighted by atomic mass is 79.9. The molecule has 2 atom stereocenters. The van der Waals surface area contributed by atoms with E-state index in [1.165, 1.54) is 12.8 Å². The molecule has 2 nitrogen and oxygen atoms in total. The van der Waals surface area contributed by atoms with Gasteiger partial charge in [0, 0.05) is 0 Å². The van der Waals surface area contributed by atoms with Gasteiger partial charge in [0.25, 0.3) is 0 Å². The smallest absolute Gasteiger partial charge is 0.133 e. The number of hydrogen-bond donors (Lipinski definition) is 1. The lowest BCUT2D eigenvalue weighted by Crippen LogP contribution is -2.31. The lowest BCUT2D eigenvalue weighted by molar-refractivity contribution is 0.0543.